The van der Waals surface area contributed by atoms with Gasteiger partial charge in [0.2, 0.25) is 0 Å². The van der Waals surface area contributed by atoms with E-state index >= 15 is 0 Å². The first kappa shape index (κ1) is 21.0. The van der Waals surface area contributed by atoms with Gasteiger partial charge < -0.3 is 29.0 Å². The molecule has 2 saturated heterocycles. The zero-order chi connectivity index (χ0) is 21.8. The van der Waals surface area contributed by atoms with E-state index < -0.39 is 18.3 Å². The van der Waals surface area contributed by atoms with Crippen molar-refractivity contribution in [3.05, 3.63) is 54.1 Å². The Labute approximate surface area is 179 Å². The first-order valence-corrected chi connectivity index (χ1v) is 9.87. The molecule has 2 aromatic rings. The van der Waals surface area contributed by atoms with Crippen LogP contribution in [-0.2, 0) is 14.2 Å². The fourth-order valence-electron chi connectivity index (χ4n) is 3.64. The molecule has 0 spiro atoms. The molecule has 2 aliphatic heterocycles. The van der Waals surface area contributed by atoms with Gasteiger partial charge in [-0.05, 0) is 48.5 Å². The lowest BCUT2D eigenvalue weighted by Gasteiger charge is -2.18. The lowest BCUT2D eigenvalue weighted by molar-refractivity contribution is 0.00862. The summed E-state index contributed by atoms with van der Waals surface area (Å²) in [5.74, 6) is 1.13. The summed E-state index contributed by atoms with van der Waals surface area (Å²) in [4.78, 5) is 24.8. The molecular weight excluding hydrogens is 404 g/mol. The summed E-state index contributed by atoms with van der Waals surface area (Å²) in [5, 5.41) is 5.60. The molecule has 9 nitrogen and oxygen atoms in total. The molecule has 0 radical (unpaired) electrons. The molecule has 2 N–H and O–H groups in total. The Morgan fingerprint density at radius 3 is 2.13 bits per heavy atom. The van der Waals surface area contributed by atoms with Gasteiger partial charge in [-0.25, -0.2) is 4.79 Å². The van der Waals surface area contributed by atoms with Crippen molar-refractivity contribution in [3.63, 3.8) is 0 Å². The molecule has 0 bridgehead atoms. The second kappa shape index (κ2) is 9.23. The van der Waals surface area contributed by atoms with Crippen molar-refractivity contribution in [2.24, 2.45) is 0 Å². The maximum absolute atomic E-state index is 12.5. The fourth-order valence-corrected chi connectivity index (χ4v) is 3.64. The van der Waals surface area contributed by atoms with Gasteiger partial charge in [0.1, 0.15) is 23.7 Å². The highest BCUT2D eigenvalue weighted by Crippen LogP contribution is 2.29. The second-order valence-electron chi connectivity index (χ2n) is 7.20. The highest BCUT2D eigenvalue weighted by molar-refractivity contribution is 5.94. The predicted molar refractivity (Wildman–Crippen MR) is 111 cm³/mol. The predicted octanol–water partition coefficient (Wildman–Crippen LogP) is 2.22. The van der Waals surface area contributed by atoms with Gasteiger partial charge in [0, 0.05) is 11.3 Å². The van der Waals surface area contributed by atoms with Crippen LogP contribution in [0.1, 0.15) is 10.4 Å². The number of carbonyl (C=O) groups is 2. The maximum atomic E-state index is 12.5. The number of carbonyl (C=O) groups excluding carboxylic acids is 2. The monoisotopic (exact) mass is 428 g/mol. The average molecular weight is 428 g/mol. The van der Waals surface area contributed by atoms with Gasteiger partial charge in [0.25, 0.3) is 5.91 Å². The van der Waals surface area contributed by atoms with Crippen LogP contribution in [0.15, 0.2) is 48.5 Å². The molecule has 2 fully saturated rings. The number of ether oxygens (including phenoxy) is 5. The van der Waals surface area contributed by atoms with Crippen molar-refractivity contribution < 1.29 is 33.3 Å². The Kier molecular flexibility index (Phi) is 6.24. The molecule has 2 heterocycles. The van der Waals surface area contributed by atoms with E-state index in [1.807, 2.05) is 0 Å². The summed E-state index contributed by atoms with van der Waals surface area (Å²) in [6.07, 6.45) is -2.00. The van der Waals surface area contributed by atoms with Crippen LogP contribution in [-0.4, -0.2) is 63.8 Å². The number of benzene rings is 2. The molecule has 0 aliphatic carbocycles. The van der Waals surface area contributed by atoms with Crippen LogP contribution in [0.5, 0.6) is 11.5 Å². The van der Waals surface area contributed by atoms with Crippen molar-refractivity contribution in [3.8, 4) is 11.5 Å². The average Bonchev–Trinajstić information content (AvgIpc) is 3.37. The molecule has 0 unspecified atom stereocenters. The quantitative estimate of drug-likeness (QED) is 0.727. The standard InChI is InChI=1S/C22H24N2O7/c1-27-15-7-3-13(4-8-15)21(25)24-17-11-29-20-18(12-30-19(17)20)31-22(26)23-14-5-9-16(28-2)10-6-14/h3-10,17-20H,11-12H2,1-2H3,(H,23,26)(H,24,25)/t17-,18-,19-,20+/m1/s1. The Bertz CT molecular complexity index is 916. The van der Waals surface area contributed by atoms with Crippen molar-refractivity contribution in [1.82, 2.24) is 5.32 Å². The summed E-state index contributed by atoms with van der Waals surface area (Å²) >= 11 is 0. The van der Waals surface area contributed by atoms with Gasteiger partial charge in [-0.15, -0.1) is 0 Å². The molecule has 2 amide bonds. The number of hydrogen-bond acceptors (Lipinski definition) is 7. The van der Waals surface area contributed by atoms with Crippen molar-refractivity contribution in [1.29, 1.82) is 0 Å². The van der Waals surface area contributed by atoms with E-state index in [1.165, 1.54) is 0 Å². The summed E-state index contributed by atoms with van der Waals surface area (Å²) in [6, 6.07) is 13.4. The Hall–Kier alpha value is -3.30. The highest BCUT2D eigenvalue weighted by atomic mass is 16.6. The number of fused-ring (bicyclic) bond motifs is 1. The van der Waals surface area contributed by atoms with E-state index in [1.54, 1.807) is 62.8 Å². The smallest absolute Gasteiger partial charge is 0.412 e. The molecule has 0 saturated carbocycles. The molecule has 31 heavy (non-hydrogen) atoms. The van der Waals surface area contributed by atoms with Gasteiger partial charge in [0.05, 0.1) is 33.5 Å². The van der Waals surface area contributed by atoms with E-state index in [9.17, 15) is 9.59 Å². The minimum absolute atomic E-state index is 0.195. The van der Waals surface area contributed by atoms with Gasteiger partial charge in [-0.1, -0.05) is 0 Å². The number of rotatable bonds is 6. The first-order chi connectivity index (χ1) is 15.1. The van der Waals surface area contributed by atoms with Crippen LogP contribution >= 0.6 is 0 Å². The van der Waals surface area contributed by atoms with E-state index in [2.05, 4.69) is 10.6 Å². The molecule has 164 valence electrons. The van der Waals surface area contributed by atoms with Crippen molar-refractivity contribution >= 4 is 17.7 Å². The zero-order valence-corrected chi connectivity index (χ0v) is 17.2. The number of nitrogens with one attached hydrogen (secondary N) is 2. The van der Waals surface area contributed by atoms with E-state index in [0.29, 0.717) is 22.7 Å². The van der Waals surface area contributed by atoms with Crippen LogP contribution in [0.25, 0.3) is 0 Å². The van der Waals surface area contributed by atoms with Crippen LogP contribution in [0, 0.1) is 0 Å². The van der Waals surface area contributed by atoms with Crippen molar-refractivity contribution in [2.75, 3.05) is 32.8 Å². The normalized spacial score (nSPS) is 24.2. The maximum Gasteiger partial charge on any atom is 0.412 e. The minimum Gasteiger partial charge on any atom is -0.497 e. The number of anilines is 1. The fraction of sp³-hybridized carbons (Fsp3) is 0.364. The molecular formula is C22H24N2O7. The zero-order valence-electron chi connectivity index (χ0n) is 17.2. The molecule has 4 atom stereocenters. The number of hydrogen-bond donors (Lipinski definition) is 2. The molecule has 0 aromatic heterocycles. The van der Waals surface area contributed by atoms with E-state index in [4.69, 9.17) is 23.7 Å². The van der Waals surface area contributed by atoms with E-state index in [-0.39, 0.29) is 31.3 Å². The van der Waals surface area contributed by atoms with Crippen LogP contribution in [0.2, 0.25) is 0 Å². The lowest BCUT2D eigenvalue weighted by Crippen LogP contribution is -2.44. The topological polar surface area (TPSA) is 104 Å². The summed E-state index contributed by atoms with van der Waals surface area (Å²) in [6.45, 7) is 0.470. The molecule has 4 rings (SSSR count). The van der Waals surface area contributed by atoms with E-state index in [0.717, 1.165) is 0 Å². The summed E-state index contributed by atoms with van der Waals surface area (Å²) < 4.78 is 27.2. The largest absolute Gasteiger partial charge is 0.497 e. The van der Waals surface area contributed by atoms with Crippen LogP contribution in [0.4, 0.5) is 10.5 Å². The number of amides is 2. The van der Waals surface area contributed by atoms with Crippen LogP contribution in [0.3, 0.4) is 0 Å². The molecule has 2 aliphatic rings. The SMILES string of the molecule is COc1ccc(NC(=O)O[C@@H]2CO[C@H]3[C@H]2OC[C@H]3NC(=O)c2ccc(OC)cc2)cc1. The summed E-state index contributed by atoms with van der Waals surface area (Å²) in [5.41, 5.74) is 1.09. The third-order valence-corrected chi connectivity index (χ3v) is 5.27. The van der Waals surface area contributed by atoms with Gasteiger partial charge in [-0.3, -0.25) is 10.1 Å². The third-order valence-electron chi connectivity index (χ3n) is 5.27. The Morgan fingerprint density at radius 1 is 0.871 bits per heavy atom. The van der Waals surface area contributed by atoms with Gasteiger partial charge >= 0.3 is 6.09 Å². The summed E-state index contributed by atoms with van der Waals surface area (Å²) in [7, 11) is 3.14. The Morgan fingerprint density at radius 2 is 1.48 bits per heavy atom. The second-order valence-corrected chi connectivity index (χ2v) is 7.20. The van der Waals surface area contributed by atoms with Gasteiger partial charge in [0.15, 0.2) is 6.10 Å². The molecule has 9 heteroatoms. The third kappa shape index (κ3) is 4.73. The van der Waals surface area contributed by atoms with Crippen LogP contribution < -0.4 is 20.1 Å². The van der Waals surface area contributed by atoms with Gasteiger partial charge in [-0.2, -0.15) is 0 Å². The molecule has 2 aromatic carbocycles. The minimum atomic E-state index is -0.603. The van der Waals surface area contributed by atoms with Crippen molar-refractivity contribution in [2.45, 2.75) is 24.4 Å². The lowest BCUT2D eigenvalue weighted by atomic mass is 10.1. The highest BCUT2D eigenvalue weighted by Gasteiger charge is 2.50. The first-order valence-electron chi connectivity index (χ1n) is 9.87. The number of methoxy groups -OCH3 is 2. The Balaban J connectivity index is 1.30.